The highest BCUT2D eigenvalue weighted by atomic mass is 32.2. The zero-order valence-electron chi connectivity index (χ0n) is 15.1. The van der Waals surface area contributed by atoms with E-state index < -0.39 is 10.0 Å². The van der Waals surface area contributed by atoms with Gasteiger partial charge >= 0.3 is 0 Å². The zero-order valence-corrected chi connectivity index (χ0v) is 15.9. The number of hydrogen-bond acceptors (Lipinski definition) is 5. The normalized spacial score (nSPS) is 21.7. The molecule has 0 N–H and O–H groups in total. The first-order valence-electron chi connectivity index (χ1n) is 8.96. The van der Waals surface area contributed by atoms with E-state index in [4.69, 9.17) is 4.74 Å². The largest absolute Gasteiger partial charge is 0.371 e. The van der Waals surface area contributed by atoms with Crippen LogP contribution in [0.4, 0.5) is 5.69 Å². The molecule has 2 saturated heterocycles. The summed E-state index contributed by atoms with van der Waals surface area (Å²) in [6, 6.07) is 6.56. The molecular formula is C18H22N4O4S. The average molecular weight is 390 g/mol. The predicted molar refractivity (Wildman–Crippen MR) is 98.7 cm³/mol. The maximum absolute atomic E-state index is 13.0. The maximum Gasteiger partial charge on any atom is 0.243 e. The molecule has 1 aromatic heterocycles. The van der Waals surface area contributed by atoms with Crippen molar-refractivity contribution in [3.8, 4) is 0 Å². The minimum atomic E-state index is -3.63. The number of ether oxygens (including phenoxy) is 1. The van der Waals surface area contributed by atoms with Crippen LogP contribution in [-0.2, 0) is 26.6 Å². The van der Waals surface area contributed by atoms with E-state index in [0.717, 1.165) is 17.7 Å². The predicted octanol–water partition coefficient (Wildman–Crippen LogP) is 1.31. The number of carbonyl (C=O) groups excluding carboxylic acids is 1. The van der Waals surface area contributed by atoms with Crippen LogP contribution >= 0.6 is 0 Å². The van der Waals surface area contributed by atoms with Gasteiger partial charge in [-0.15, -0.1) is 0 Å². The number of benzene rings is 1. The van der Waals surface area contributed by atoms with Crippen molar-refractivity contribution < 1.29 is 17.9 Å². The molecule has 1 amide bonds. The molecule has 0 bridgehead atoms. The molecular weight excluding hydrogens is 368 g/mol. The lowest BCUT2D eigenvalue weighted by Crippen LogP contribution is -2.42. The number of hydrogen-bond donors (Lipinski definition) is 0. The summed E-state index contributed by atoms with van der Waals surface area (Å²) in [4.78, 5) is 13.8. The quantitative estimate of drug-likeness (QED) is 0.786. The Balaban J connectivity index is 1.52. The first-order valence-corrected chi connectivity index (χ1v) is 10.4. The number of carbonyl (C=O) groups is 1. The molecule has 2 aromatic rings. The van der Waals surface area contributed by atoms with Crippen LogP contribution in [0.2, 0.25) is 0 Å². The Kier molecular flexibility index (Phi) is 4.75. The summed E-state index contributed by atoms with van der Waals surface area (Å²) >= 11 is 0. The van der Waals surface area contributed by atoms with E-state index in [1.54, 1.807) is 40.0 Å². The topological polar surface area (TPSA) is 84.7 Å². The molecule has 2 aliphatic rings. The van der Waals surface area contributed by atoms with E-state index in [9.17, 15) is 13.2 Å². The molecule has 1 aromatic carbocycles. The monoisotopic (exact) mass is 390 g/mol. The van der Waals surface area contributed by atoms with Crippen LogP contribution in [0.15, 0.2) is 41.6 Å². The maximum atomic E-state index is 13.0. The van der Waals surface area contributed by atoms with E-state index in [1.807, 2.05) is 13.2 Å². The average Bonchev–Trinajstić information content (AvgIpc) is 3.30. The second-order valence-corrected chi connectivity index (χ2v) is 8.75. The zero-order chi connectivity index (χ0) is 19.0. The highest BCUT2D eigenvalue weighted by Gasteiger charge is 2.32. The molecule has 9 heteroatoms. The smallest absolute Gasteiger partial charge is 0.243 e. The first kappa shape index (κ1) is 18.1. The molecule has 1 atom stereocenters. The molecule has 27 heavy (non-hydrogen) atoms. The Labute approximate surface area is 158 Å². The van der Waals surface area contributed by atoms with Crippen LogP contribution in [-0.4, -0.2) is 54.7 Å². The van der Waals surface area contributed by atoms with Gasteiger partial charge in [0.2, 0.25) is 15.9 Å². The minimum absolute atomic E-state index is 0.0816. The summed E-state index contributed by atoms with van der Waals surface area (Å²) in [5, 5.41) is 4.13. The van der Waals surface area contributed by atoms with Crippen molar-refractivity contribution in [2.45, 2.75) is 23.8 Å². The Morgan fingerprint density at radius 2 is 1.96 bits per heavy atom. The number of rotatable bonds is 4. The van der Waals surface area contributed by atoms with Gasteiger partial charge in [-0.25, -0.2) is 8.42 Å². The van der Waals surface area contributed by atoms with Gasteiger partial charge in [-0.05, 0) is 30.7 Å². The van der Waals surface area contributed by atoms with Crippen LogP contribution in [0, 0.1) is 0 Å². The molecule has 8 nitrogen and oxygen atoms in total. The third-order valence-corrected chi connectivity index (χ3v) is 6.86. The molecule has 0 spiro atoms. The van der Waals surface area contributed by atoms with E-state index in [2.05, 4.69) is 5.10 Å². The SMILES string of the molecule is Cn1cc(C2CN(S(=O)(=O)c3ccc(N4CCCC4=O)cc3)CCO2)cn1. The van der Waals surface area contributed by atoms with Crippen LogP contribution in [0.25, 0.3) is 0 Å². The molecule has 2 aliphatic heterocycles. The van der Waals surface area contributed by atoms with E-state index in [-0.39, 0.29) is 23.5 Å². The Morgan fingerprint density at radius 3 is 2.59 bits per heavy atom. The lowest BCUT2D eigenvalue weighted by molar-refractivity contribution is -0.117. The molecule has 4 rings (SSSR count). The fourth-order valence-corrected chi connectivity index (χ4v) is 4.95. The van der Waals surface area contributed by atoms with Crippen molar-refractivity contribution >= 4 is 21.6 Å². The van der Waals surface area contributed by atoms with Crippen molar-refractivity contribution in [3.05, 3.63) is 42.2 Å². The Morgan fingerprint density at radius 1 is 1.19 bits per heavy atom. The van der Waals surface area contributed by atoms with E-state index in [1.165, 1.54) is 4.31 Å². The molecule has 0 aliphatic carbocycles. The standard InChI is InChI=1S/C18H22N4O4S/c1-20-12-14(11-19-20)17-13-21(9-10-26-17)27(24,25)16-6-4-15(5-7-16)22-8-2-3-18(22)23/h4-7,11-12,17H,2-3,8-10,13H2,1H3. The number of sulfonamides is 1. The lowest BCUT2D eigenvalue weighted by atomic mass is 10.2. The van der Waals surface area contributed by atoms with Crippen LogP contribution in [0.3, 0.4) is 0 Å². The van der Waals surface area contributed by atoms with Gasteiger partial charge in [0.15, 0.2) is 0 Å². The van der Waals surface area contributed by atoms with Crippen molar-refractivity contribution in [2.24, 2.45) is 7.05 Å². The summed E-state index contributed by atoms with van der Waals surface area (Å²) < 4.78 is 34.9. The van der Waals surface area contributed by atoms with E-state index in [0.29, 0.717) is 26.1 Å². The lowest BCUT2D eigenvalue weighted by Gasteiger charge is -2.31. The van der Waals surface area contributed by atoms with Gasteiger partial charge in [-0.2, -0.15) is 9.40 Å². The number of aromatic nitrogens is 2. The Bertz CT molecular complexity index is 939. The number of nitrogens with zero attached hydrogens (tertiary/aromatic N) is 4. The third kappa shape index (κ3) is 3.50. The summed E-state index contributed by atoms with van der Waals surface area (Å²) in [5.41, 5.74) is 1.60. The minimum Gasteiger partial charge on any atom is -0.371 e. The molecule has 0 saturated carbocycles. The fraction of sp³-hybridized carbons (Fsp3) is 0.444. The second kappa shape index (κ2) is 7.06. The number of morpholine rings is 1. The van der Waals surface area contributed by atoms with Crippen molar-refractivity contribution in [1.82, 2.24) is 14.1 Å². The van der Waals surface area contributed by atoms with Crippen LogP contribution in [0.5, 0.6) is 0 Å². The molecule has 144 valence electrons. The summed E-state index contributed by atoms with van der Waals surface area (Å²) in [6.07, 6.45) is 4.58. The Hall–Kier alpha value is -2.23. The van der Waals surface area contributed by atoms with E-state index >= 15 is 0 Å². The highest BCUT2D eigenvalue weighted by Crippen LogP contribution is 2.28. The van der Waals surface area contributed by atoms with Gasteiger partial charge in [0.1, 0.15) is 0 Å². The molecule has 1 unspecified atom stereocenters. The molecule has 0 radical (unpaired) electrons. The number of aryl methyl sites for hydroxylation is 1. The second-order valence-electron chi connectivity index (χ2n) is 6.81. The van der Waals surface area contributed by atoms with Crippen molar-refractivity contribution in [2.75, 3.05) is 31.1 Å². The van der Waals surface area contributed by atoms with Crippen molar-refractivity contribution in [3.63, 3.8) is 0 Å². The van der Waals surface area contributed by atoms with Gasteiger partial charge in [-0.3, -0.25) is 9.48 Å². The summed E-state index contributed by atoms with van der Waals surface area (Å²) in [6.45, 7) is 1.58. The first-order chi connectivity index (χ1) is 12.9. The third-order valence-electron chi connectivity index (χ3n) is 4.99. The van der Waals surface area contributed by atoms with Crippen LogP contribution < -0.4 is 4.90 Å². The fourth-order valence-electron chi connectivity index (χ4n) is 3.52. The summed E-state index contributed by atoms with van der Waals surface area (Å²) in [5.74, 6) is 0.0816. The van der Waals surface area contributed by atoms with Gasteiger partial charge in [0.05, 0.1) is 23.8 Å². The van der Waals surface area contributed by atoms with Crippen molar-refractivity contribution in [1.29, 1.82) is 0 Å². The highest BCUT2D eigenvalue weighted by molar-refractivity contribution is 7.89. The summed E-state index contributed by atoms with van der Waals surface area (Å²) in [7, 11) is -1.81. The molecule has 2 fully saturated rings. The number of amides is 1. The molecule has 3 heterocycles. The van der Waals surface area contributed by atoms with Crippen LogP contribution in [0.1, 0.15) is 24.5 Å². The van der Waals surface area contributed by atoms with Gasteiger partial charge in [0.25, 0.3) is 0 Å². The van der Waals surface area contributed by atoms with Gasteiger partial charge < -0.3 is 9.64 Å². The van der Waals surface area contributed by atoms with Gasteiger partial charge in [0, 0.05) is 50.6 Å². The number of anilines is 1. The van der Waals surface area contributed by atoms with Gasteiger partial charge in [-0.1, -0.05) is 0 Å².